The lowest BCUT2D eigenvalue weighted by Crippen LogP contribution is -2.64. The van der Waals surface area contributed by atoms with E-state index in [1.54, 1.807) is 0 Å². The van der Waals surface area contributed by atoms with E-state index in [0.29, 0.717) is 0 Å². The molecule has 0 atom stereocenters. The van der Waals surface area contributed by atoms with Crippen molar-refractivity contribution in [3.63, 3.8) is 0 Å². The molecule has 0 aliphatic rings. The van der Waals surface area contributed by atoms with Crippen molar-refractivity contribution in [3.05, 3.63) is 115 Å². The first-order valence-electron chi connectivity index (χ1n) is 29.2. The van der Waals surface area contributed by atoms with Crippen molar-refractivity contribution < 1.29 is 4.12 Å². The van der Waals surface area contributed by atoms with Crippen LogP contribution < -0.4 is 20.7 Å². The minimum absolute atomic E-state index is 0.0503. The van der Waals surface area contributed by atoms with Gasteiger partial charge in [0.2, 0.25) is 18.1 Å². The minimum atomic E-state index is -2.88. The van der Waals surface area contributed by atoms with Crippen molar-refractivity contribution in [1.82, 2.24) is 0 Å². The van der Waals surface area contributed by atoms with Crippen molar-refractivity contribution in [1.29, 1.82) is 0 Å². The lowest BCUT2D eigenvalue weighted by atomic mass is 9.75. The van der Waals surface area contributed by atoms with E-state index in [1.807, 2.05) is 0 Å². The molecule has 0 aromatic heterocycles. The van der Waals surface area contributed by atoms with Crippen LogP contribution in [-0.4, -0.2) is 18.1 Å². The molecule has 0 radical (unpaired) electrons. The summed E-state index contributed by atoms with van der Waals surface area (Å²) in [6.07, 6.45) is 0. The van der Waals surface area contributed by atoms with Gasteiger partial charge >= 0.3 is 0 Å². The molecule has 75 heavy (non-hydrogen) atoms. The van der Waals surface area contributed by atoms with Gasteiger partial charge in [0.05, 0.1) is 0 Å². The van der Waals surface area contributed by atoms with Gasteiger partial charge in [-0.05, 0) is 152 Å². The predicted octanol–water partition coefficient (Wildman–Crippen LogP) is 17.6. The van der Waals surface area contributed by atoms with Gasteiger partial charge in [-0.25, -0.2) is 0 Å². The molecule has 0 aliphatic carbocycles. The summed E-state index contributed by atoms with van der Waals surface area (Å²) in [5.41, 5.74) is 15.6. The van der Waals surface area contributed by atoms with Crippen molar-refractivity contribution in [2.45, 2.75) is 314 Å². The Hall–Kier alpha value is -2.73. The average Bonchev–Trinajstić information content (AvgIpc) is 3.15. The highest BCUT2D eigenvalue weighted by Crippen LogP contribution is 2.41. The Labute approximate surface area is 469 Å². The maximum atomic E-state index is 9.46. The third-order valence-electron chi connectivity index (χ3n) is 16.0. The summed E-state index contributed by atoms with van der Waals surface area (Å²) in [6, 6.07) is 21.1. The van der Waals surface area contributed by atoms with Crippen LogP contribution in [0.25, 0.3) is 0 Å². The molecule has 0 amide bonds. The van der Waals surface area contributed by atoms with Crippen LogP contribution in [0.2, 0.25) is 0 Å². The smallest absolute Gasteiger partial charge is 0.229 e. The average molecular weight is 1060 g/mol. The van der Waals surface area contributed by atoms with E-state index in [9.17, 15) is 4.12 Å². The Bertz CT molecular complexity index is 2190. The summed E-state index contributed by atoms with van der Waals surface area (Å²) in [5, 5.41) is 6.01. The summed E-state index contributed by atoms with van der Waals surface area (Å²) in [7, 11) is -5.76. The van der Waals surface area contributed by atoms with Crippen LogP contribution in [-0.2, 0) is 69.1 Å². The molecule has 0 aliphatic heterocycles. The van der Waals surface area contributed by atoms with E-state index in [0.717, 1.165) is 0 Å². The highest BCUT2D eigenvalue weighted by molar-refractivity contribution is 6.93. The fourth-order valence-corrected chi connectivity index (χ4v) is 21.4. The molecular formula is C72H118OSi2. The summed E-state index contributed by atoms with van der Waals surface area (Å²) in [4.78, 5) is 0. The maximum absolute atomic E-state index is 9.46. The lowest BCUT2D eigenvalue weighted by Gasteiger charge is -2.44. The highest BCUT2D eigenvalue weighted by Gasteiger charge is 2.46. The zero-order valence-corrected chi connectivity index (χ0v) is 58.5. The van der Waals surface area contributed by atoms with Gasteiger partial charge in [0.25, 0.3) is 0 Å². The van der Waals surface area contributed by atoms with E-state index in [4.69, 9.17) is 0 Å². The third kappa shape index (κ3) is 14.6. The molecule has 0 bridgehead atoms. The predicted molar refractivity (Wildman–Crippen MR) is 344 cm³/mol. The molecule has 0 saturated carbocycles. The molecule has 0 saturated heterocycles. The second-order valence-electron chi connectivity index (χ2n) is 35.8. The van der Waals surface area contributed by atoms with Crippen LogP contribution in [0.15, 0.2) is 48.5 Å². The van der Waals surface area contributed by atoms with E-state index in [1.165, 1.54) is 87.5 Å². The van der Waals surface area contributed by atoms with Crippen LogP contribution in [0, 0.1) is 0 Å². The van der Waals surface area contributed by atoms with E-state index in [2.05, 4.69) is 298 Å². The largest absolute Gasteiger partial charge is 0.446 e. The van der Waals surface area contributed by atoms with E-state index in [-0.39, 0.29) is 65.0 Å². The van der Waals surface area contributed by atoms with Crippen molar-refractivity contribution in [2.24, 2.45) is 0 Å². The first-order chi connectivity index (χ1) is 32.8. The second-order valence-corrected chi connectivity index (χ2v) is 40.8. The molecule has 4 aromatic carbocycles. The molecule has 4 rings (SSSR count). The van der Waals surface area contributed by atoms with Crippen molar-refractivity contribution >= 4 is 38.8 Å². The molecule has 3 heteroatoms. The quantitative estimate of drug-likeness (QED) is 0.175. The zero-order chi connectivity index (χ0) is 58.8. The number of rotatable bonds is 6. The third-order valence-corrected chi connectivity index (χ3v) is 22.7. The molecule has 0 fully saturated rings. The van der Waals surface area contributed by atoms with Crippen LogP contribution in [0.1, 0.15) is 316 Å². The monoisotopic (exact) mass is 1050 g/mol. The van der Waals surface area contributed by atoms with Gasteiger partial charge in [-0.2, -0.15) is 0 Å². The Morgan fingerprint density at radius 1 is 0.187 bits per heavy atom. The zero-order valence-electron chi connectivity index (χ0n) is 56.2. The SMILES string of the molecule is CC(C)(C)c1cc(C(C)(C)C)c([SiH](O[SiH](c2c(C(C)(C)C)cc(C(C)(C)C)cc2C(C)(C)C)c2c(C(C)(C)C)cc(C(C)(C)C)cc2C(C)(C)C)c2c(C(C)(C)C)cc(C(C)(C)C)cc2C(C)(C)C)c(C(C)(C)C)c1. The first kappa shape index (κ1) is 64.8. The Morgan fingerprint density at radius 3 is 0.373 bits per heavy atom. The summed E-state index contributed by atoms with van der Waals surface area (Å²) in [6.45, 7) is 88.3. The molecule has 1 nitrogen and oxygen atoms in total. The number of hydrogen-bond donors (Lipinski definition) is 0. The molecular weight excluding hydrogens is 937 g/mol. The standard InChI is InChI=1S/C72H118OSi2/c1-61(2,3)45-37-49(65(13,14)15)57(50(38-45)66(16,17)18)74(58-51(67(19,20)21)39-46(62(4,5)6)40-52(58)68(22,23)24)73-75(59-53(69(25,26)27)41-47(63(7,8)9)42-54(59)70(28,29)30)60-55(71(31,32)33)43-48(64(10,11)12)44-56(60)72(34,35)36/h37-44,74-75H,1-36H3. The van der Waals surface area contributed by atoms with Gasteiger partial charge in [-0.3, -0.25) is 0 Å². The fraction of sp³-hybridized carbons (Fsp3) is 0.667. The lowest BCUT2D eigenvalue weighted by molar-refractivity contribution is 0.539. The van der Waals surface area contributed by atoms with Crippen LogP contribution in [0.4, 0.5) is 0 Å². The number of benzene rings is 4. The maximum Gasteiger partial charge on any atom is 0.229 e. The minimum Gasteiger partial charge on any atom is -0.446 e. The van der Waals surface area contributed by atoms with E-state index >= 15 is 0 Å². The van der Waals surface area contributed by atoms with E-state index < -0.39 is 18.1 Å². The summed E-state index contributed by atoms with van der Waals surface area (Å²) < 4.78 is 9.46. The Kier molecular flexibility index (Phi) is 17.4. The van der Waals surface area contributed by atoms with Crippen molar-refractivity contribution in [3.8, 4) is 0 Å². The second kappa shape index (κ2) is 20.1. The van der Waals surface area contributed by atoms with Gasteiger partial charge in [-0.1, -0.05) is 298 Å². The van der Waals surface area contributed by atoms with Gasteiger partial charge < -0.3 is 4.12 Å². The molecule has 420 valence electrons. The normalized spacial score (nSPS) is 14.7. The molecule has 0 unspecified atom stereocenters. The first-order valence-corrected chi connectivity index (χ1v) is 32.5. The molecule has 0 N–H and O–H groups in total. The Morgan fingerprint density at radius 2 is 0.293 bits per heavy atom. The van der Waals surface area contributed by atoms with Gasteiger partial charge in [-0.15, -0.1) is 0 Å². The van der Waals surface area contributed by atoms with Gasteiger partial charge in [0, 0.05) is 0 Å². The van der Waals surface area contributed by atoms with Crippen molar-refractivity contribution in [2.75, 3.05) is 0 Å². The molecule has 0 heterocycles. The van der Waals surface area contributed by atoms with Crippen LogP contribution in [0.5, 0.6) is 0 Å². The van der Waals surface area contributed by atoms with Gasteiger partial charge in [0.15, 0.2) is 0 Å². The molecule has 0 spiro atoms. The highest BCUT2D eigenvalue weighted by atomic mass is 28.4. The Balaban J connectivity index is 2.76. The summed E-state index contributed by atoms with van der Waals surface area (Å²) >= 11 is 0. The number of hydrogen-bond acceptors (Lipinski definition) is 1. The fourth-order valence-electron chi connectivity index (χ4n) is 11.1. The molecule has 4 aromatic rings. The summed E-state index contributed by atoms with van der Waals surface area (Å²) in [5.74, 6) is 0. The van der Waals surface area contributed by atoms with Crippen LogP contribution in [0.3, 0.4) is 0 Å². The van der Waals surface area contributed by atoms with Crippen LogP contribution >= 0.6 is 0 Å². The van der Waals surface area contributed by atoms with Gasteiger partial charge in [0.1, 0.15) is 0 Å². The topological polar surface area (TPSA) is 9.23 Å².